The molecule has 0 radical (unpaired) electrons. The molecule has 118 valence electrons. The number of nitrogens with zero attached hydrogens (tertiary/aromatic N) is 1. The molecule has 1 fully saturated rings. The second kappa shape index (κ2) is 7.11. The van der Waals surface area contributed by atoms with Crippen LogP contribution in [0.5, 0.6) is 0 Å². The molecule has 2 unspecified atom stereocenters. The quantitative estimate of drug-likeness (QED) is 0.780. The van der Waals surface area contributed by atoms with Crippen molar-refractivity contribution in [2.24, 2.45) is 5.92 Å². The van der Waals surface area contributed by atoms with E-state index in [4.69, 9.17) is 5.73 Å². The first-order valence-electron chi connectivity index (χ1n) is 7.83. The van der Waals surface area contributed by atoms with Crippen molar-refractivity contribution >= 4 is 28.3 Å². The van der Waals surface area contributed by atoms with Gasteiger partial charge in [0, 0.05) is 12.1 Å². The summed E-state index contributed by atoms with van der Waals surface area (Å²) in [7, 11) is 0. The van der Waals surface area contributed by atoms with Crippen LogP contribution in [0.2, 0.25) is 0 Å². The van der Waals surface area contributed by atoms with Gasteiger partial charge in [-0.15, -0.1) is 0 Å². The summed E-state index contributed by atoms with van der Waals surface area (Å²) in [6.45, 7) is 6.13. The maximum atomic E-state index is 12.3. The first kappa shape index (κ1) is 16.1. The lowest BCUT2D eigenvalue weighted by molar-refractivity contribution is 0.0945. The molecule has 2 atom stereocenters. The normalized spacial score (nSPS) is 22.3. The first-order valence-corrected chi connectivity index (χ1v) is 8.61. The van der Waals surface area contributed by atoms with Gasteiger partial charge >= 0.3 is 0 Å². The Morgan fingerprint density at radius 3 is 2.90 bits per heavy atom. The molecule has 0 spiro atoms. The fourth-order valence-corrected chi connectivity index (χ4v) is 3.72. The number of anilines is 2. The zero-order valence-electron chi connectivity index (χ0n) is 13.1. The average molecular weight is 310 g/mol. The number of aromatic nitrogens is 1. The van der Waals surface area contributed by atoms with Crippen molar-refractivity contribution in [3.8, 4) is 0 Å². The largest absolute Gasteiger partial charge is 0.382 e. The number of nitrogens with two attached hydrogens (primary N) is 1. The number of carbonyl (C=O) groups is 1. The predicted molar refractivity (Wildman–Crippen MR) is 88.8 cm³/mol. The van der Waals surface area contributed by atoms with Gasteiger partial charge in [0.2, 0.25) is 0 Å². The summed E-state index contributed by atoms with van der Waals surface area (Å²) in [5, 5.41) is 7.21. The van der Waals surface area contributed by atoms with E-state index < -0.39 is 0 Å². The Hall–Kier alpha value is -1.30. The summed E-state index contributed by atoms with van der Waals surface area (Å²) in [5.74, 6) is 0.972. The summed E-state index contributed by atoms with van der Waals surface area (Å²) < 4.78 is 4.15. The Labute approximate surface area is 130 Å². The molecule has 1 amide bonds. The van der Waals surface area contributed by atoms with Crippen LogP contribution in [-0.4, -0.2) is 22.4 Å². The third-order valence-corrected chi connectivity index (χ3v) is 4.85. The maximum Gasteiger partial charge on any atom is 0.258 e. The van der Waals surface area contributed by atoms with Crippen LogP contribution in [0, 0.1) is 5.92 Å². The van der Waals surface area contributed by atoms with Crippen molar-refractivity contribution < 1.29 is 4.79 Å². The van der Waals surface area contributed by atoms with E-state index in [2.05, 4.69) is 21.9 Å². The van der Waals surface area contributed by atoms with Gasteiger partial charge in [0.15, 0.2) is 5.82 Å². The van der Waals surface area contributed by atoms with Gasteiger partial charge < -0.3 is 16.4 Å². The van der Waals surface area contributed by atoms with Crippen LogP contribution in [0.15, 0.2) is 0 Å². The Kier molecular flexibility index (Phi) is 5.45. The molecule has 0 aromatic carbocycles. The van der Waals surface area contributed by atoms with E-state index in [-0.39, 0.29) is 11.9 Å². The molecule has 1 aromatic heterocycles. The lowest BCUT2D eigenvalue weighted by atomic mass is 9.84. The standard InChI is InChI=1S/C15H26N4OS/c1-4-10-6-5-7-11(8-10)18-15-12(13(16)19-21-15)14(20)17-9(2)3/h9-11,18H,4-8H2,1-3H3,(H2,16,19)(H,17,20). The average Bonchev–Trinajstić information content (AvgIpc) is 2.79. The number of rotatable bonds is 5. The van der Waals surface area contributed by atoms with Crippen LogP contribution in [-0.2, 0) is 0 Å². The number of nitrogens with one attached hydrogen (secondary N) is 2. The van der Waals surface area contributed by atoms with Gasteiger partial charge in [-0.2, -0.15) is 4.37 Å². The third kappa shape index (κ3) is 4.09. The molecule has 5 nitrogen and oxygen atoms in total. The van der Waals surface area contributed by atoms with Gasteiger partial charge in [0.25, 0.3) is 5.91 Å². The Bertz CT molecular complexity index is 486. The van der Waals surface area contributed by atoms with E-state index in [1.165, 1.54) is 37.2 Å². The van der Waals surface area contributed by atoms with Gasteiger partial charge in [-0.3, -0.25) is 4.79 Å². The van der Waals surface area contributed by atoms with Crippen LogP contribution in [0.1, 0.15) is 63.2 Å². The molecule has 1 aromatic rings. The molecule has 1 aliphatic rings. The number of hydrogen-bond acceptors (Lipinski definition) is 5. The lowest BCUT2D eigenvalue weighted by Crippen LogP contribution is -2.32. The van der Waals surface area contributed by atoms with Crippen LogP contribution < -0.4 is 16.4 Å². The molecular formula is C15H26N4OS. The Morgan fingerprint density at radius 1 is 1.48 bits per heavy atom. The minimum absolute atomic E-state index is 0.0869. The molecule has 0 saturated heterocycles. The number of carbonyl (C=O) groups excluding carboxylic acids is 1. The molecule has 21 heavy (non-hydrogen) atoms. The molecule has 1 saturated carbocycles. The van der Waals surface area contributed by atoms with Gasteiger partial charge in [-0.1, -0.05) is 26.2 Å². The van der Waals surface area contributed by atoms with Crippen LogP contribution in [0.25, 0.3) is 0 Å². The minimum Gasteiger partial charge on any atom is -0.382 e. The second-order valence-corrected chi connectivity index (χ2v) is 6.96. The van der Waals surface area contributed by atoms with Crippen LogP contribution >= 0.6 is 11.5 Å². The van der Waals surface area contributed by atoms with E-state index >= 15 is 0 Å². The fraction of sp³-hybridized carbons (Fsp3) is 0.733. The Morgan fingerprint density at radius 2 is 2.24 bits per heavy atom. The van der Waals surface area contributed by atoms with Gasteiger partial charge in [-0.25, -0.2) is 0 Å². The zero-order chi connectivity index (χ0) is 15.4. The van der Waals surface area contributed by atoms with E-state index in [1.54, 1.807) is 0 Å². The van der Waals surface area contributed by atoms with Crippen LogP contribution in [0.4, 0.5) is 10.8 Å². The Balaban J connectivity index is 2.08. The van der Waals surface area contributed by atoms with Crippen molar-refractivity contribution in [3.05, 3.63) is 5.56 Å². The van der Waals surface area contributed by atoms with Gasteiger partial charge in [0.05, 0.1) is 0 Å². The maximum absolute atomic E-state index is 12.3. The molecular weight excluding hydrogens is 284 g/mol. The van der Waals surface area contributed by atoms with E-state index in [9.17, 15) is 4.79 Å². The second-order valence-electron chi connectivity index (χ2n) is 6.18. The molecule has 1 heterocycles. The molecule has 4 N–H and O–H groups in total. The summed E-state index contributed by atoms with van der Waals surface area (Å²) in [6.07, 6.45) is 6.11. The minimum atomic E-state index is -0.137. The van der Waals surface area contributed by atoms with Crippen molar-refractivity contribution in [2.75, 3.05) is 11.1 Å². The lowest BCUT2D eigenvalue weighted by Gasteiger charge is -2.29. The molecule has 6 heteroatoms. The highest BCUT2D eigenvalue weighted by molar-refractivity contribution is 7.11. The zero-order valence-corrected chi connectivity index (χ0v) is 13.9. The topological polar surface area (TPSA) is 80.0 Å². The smallest absolute Gasteiger partial charge is 0.258 e. The van der Waals surface area contributed by atoms with E-state index in [0.717, 1.165) is 17.3 Å². The summed E-state index contributed by atoms with van der Waals surface area (Å²) in [4.78, 5) is 12.3. The highest BCUT2D eigenvalue weighted by Crippen LogP contribution is 2.32. The first-order chi connectivity index (χ1) is 10.0. The molecule has 2 rings (SSSR count). The van der Waals surface area contributed by atoms with Gasteiger partial charge in [0.1, 0.15) is 10.6 Å². The fourth-order valence-electron chi connectivity index (χ4n) is 2.93. The monoisotopic (exact) mass is 310 g/mol. The molecule has 0 bridgehead atoms. The highest BCUT2D eigenvalue weighted by atomic mass is 32.1. The summed E-state index contributed by atoms with van der Waals surface area (Å²) >= 11 is 1.29. The number of hydrogen-bond donors (Lipinski definition) is 3. The summed E-state index contributed by atoms with van der Waals surface area (Å²) in [5.41, 5.74) is 6.38. The predicted octanol–water partition coefficient (Wildman–Crippen LogP) is 3.24. The van der Waals surface area contributed by atoms with Crippen molar-refractivity contribution in [3.63, 3.8) is 0 Å². The third-order valence-electron chi connectivity index (χ3n) is 4.06. The van der Waals surface area contributed by atoms with E-state index in [0.29, 0.717) is 17.4 Å². The molecule has 0 aliphatic heterocycles. The summed E-state index contributed by atoms with van der Waals surface area (Å²) in [6, 6.07) is 0.512. The molecule has 1 aliphatic carbocycles. The van der Waals surface area contributed by atoms with Crippen molar-refractivity contribution in [1.82, 2.24) is 9.69 Å². The number of amides is 1. The number of nitrogen functional groups attached to an aromatic ring is 1. The van der Waals surface area contributed by atoms with E-state index in [1.807, 2.05) is 13.8 Å². The van der Waals surface area contributed by atoms with Gasteiger partial charge in [-0.05, 0) is 44.1 Å². The SMILES string of the molecule is CCC1CCCC(Nc2snc(N)c2C(=O)NC(C)C)C1. The van der Waals surface area contributed by atoms with Crippen LogP contribution in [0.3, 0.4) is 0 Å². The highest BCUT2D eigenvalue weighted by Gasteiger charge is 2.25. The van der Waals surface area contributed by atoms with Crippen molar-refractivity contribution in [2.45, 2.75) is 65.0 Å². The van der Waals surface area contributed by atoms with Crippen molar-refractivity contribution in [1.29, 1.82) is 0 Å².